The second-order valence-corrected chi connectivity index (χ2v) is 10.8. The fourth-order valence-electron chi connectivity index (χ4n) is 7.14. The molecule has 0 aliphatic heterocycles. The standard InChI is InChI=1S/C36H30O2/c37-23-35(31-13-5-1-9-27(31)28-10-2-6-14-32(28)35)21-25-17-19-26(20-18-25)22-36(24-38)33-15-7-3-11-29(33)30-12-4-8-16-34(30)36/h1-20,37-38H,21-24H2. The van der Waals surface area contributed by atoms with E-state index >= 15 is 0 Å². The fourth-order valence-corrected chi connectivity index (χ4v) is 7.14. The Morgan fingerprint density at radius 3 is 0.895 bits per heavy atom. The quantitative estimate of drug-likeness (QED) is 0.276. The monoisotopic (exact) mass is 494 g/mol. The van der Waals surface area contributed by atoms with Gasteiger partial charge in [-0.1, -0.05) is 121 Å². The van der Waals surface area contributed by atoms with Gasteiger partial charge in [0.15, 0.2) is 0 Å². The van der Waals surface area contributed by atoms with Crippen LogP contribution in [0.2, 0.25) is 0 Å². The predicted octanol–water partition coefficient (Wildman–Crippen LogP) is 6.69. The summed E-state index contributed by atoms with van der Waals surface area (Å²) in [5, 5.41) is 21.7. The van der Waals surface area contributed by atoms with Gasteiger partial charge in [0, 0.05) is 10.8 Å². The van der Waals surface area contributed by atoms with Gasteiger partial charge < -0.3 is 10.2 Å². The third-order valence-corrected chi connectivity index (χ3v) is 8.93. The predicted molar refractivity (Wildman–Crippen MR) is 153 cm³/mol. The Labute approximate surface area is 223 Å². The van der Waals surface area contributed by atoms with Crippen molar-refractivity contribution in [2.75, 3.05) is 13.2 Å². The van der Waals surface area contributed by atoms with Crippen LogP contribution < -0.4 is 0 Å². The van der Waals surface area contributed by atoms with Gasteiger partial charge in [-0.3, -0.25) is 0 Å². The van der Waals surface area contributed by atoms with Crippen LogP contribution >= 0.6 is 0 Å². The van der Waals surface area contributed by atoms with Crippen LogP contribution in [-0.2, 0) is 23.7 Å². The van der Waals surface area contributed by atoms with E-state index in [1.54, 1.807) is 0 Å². The lowest BCUT2D eigenvalue weighted by Crippen LogP contribution is -2.33. The van der Waals surface area contributed by atoms with Gasteiger partial charge in [-0.15, -0.1) is 0 Å². The molecule has 0 heterocycles. The van der Waals surface area contributed by atoms with Crippen LogP contribution in [0.5, 0.6) is 0 Å². The summed E-state index contributed by atoms with van der Waals surface area (Å²) in [5.74, 6) is 0. The van der Waals surface area contributed by atoms with Crippen molar-refractivity contribution in [1.82, 2.24) is 0 Å². The summed E-state index contributed by atoms with van der Waals surface area (Å²) in [6, 6.07) is 42.7. The van der Waals surface area contributed by atoms with Crippen molar-refractivity contribution < 1.29 is 10.2 Å². The van der Waals surface area contributed by atoms with Crippen LogP contribution in [-0.4, -0.2) is 23.4 Å². The Balaban J connectivity index is 1.24. The number of aliphatic hydroxyl groups is 2. The van der Waals surface area contributed by atoms with E-state index in [0.29, 0.717) is 0 Å². The first-order valence-corrected chi connectivity index (χ1v) is 13.4. The van der Waals surface area contributed by atoms with Crippen molar-refractivity contribution in [1.29, 1.82) is 0 Å². The highest BCUT2D eigenvalue weighted by Crippen LogP contribution is 2.51. The summed E-state index contributed by atoms with van der Waals surface area (Å²) in [4.78, 5) is 0. The van der Waals surface area contributed by atoms with E-state index in [0.717, 1.165) is 12.8 Å². The second-order valence-electron chi connectivity index (χ2n) is 10.8. The highest BCUT2D eigenvalue weighted by atomic mass is 16.3. The van der Waals surface area contributed by atoms with Crippen molar-refractivity contribution >= 4 is 0 Å². The number of benzene rings is 5. The summed E-state index contributed by atoms with van der Waals surface area (Å²) < 4.78 is 0. The molecule has 2 nitrogen and oxygen atoms in total. The van der Waals surface area contributed by atoms with E-state index in [-0.39, 0.29) is 13.2 Å². The molecule has 0 saturated carbocycles. The molecule has 38 heavy (non-hydrogen) atoms. The Kier molecular flexibility index (Phi) is 5.36. The summed E-state index contributed by atoms with van der Waals surface area (Å²) in [7, 11) is 0. The molecule has 0 unspecified atom stereocenters. The lowest BCUT2D eigenvalue weighted by Gasteiger charge is -2.31. The van der Waals surface area contributed by atoms with Gasteiger partial charge in [-0.05, 0) is 68.5 Å². The van der Waals surface area contributed by atoms with Crippen molar-refractivity contribution in [3.8, 4) is 22.3 Å². The maximum absolute atomic E-state index is 10.8. The summed E-state index contributed by atoms with van der Waals surface area (Å²) in [5.41, 5.74) is 11.2. The molecule has 5 aromatic rings. The Hall–Kier alpha value is -3.98. The van der Waals surface area contributed by atoms with E-state index in [2.05, 4.69) is 121 Å². The molecule has 0 aromatic heterocycles. The summed E-state index contributed by atoms with van der Waals surface area (Å²) in [6.07, 6.45) is 1.46. The van der Waals surface area contributed by atoms with Gasteiger partial charge in [-0.2, -0.15) is 0 Å². The molecule has 2 aliphatic rings. The molecule has 0 fully saturated rings. The number of fused-ring (bicyclic) bond motifs is 6. The van der Waals surface area contributed by atoms with E-state index in [1.807, 2.05) is 0 Å². The maximum atomic E-state index is 10.8. The molecule has 2 aliphatic carbocycles. The zero-order chi connectivity index (χ0) is 25.7. The van der Waals surface area contributed by atoms with Gasteiger partial charge in [0.2, 0.25) is 0 Å². The third kappa shape index (κ3) is 3.21. The molecule has 0 spiro atoms. The molecule has 0 bridgehead atoms. The molecule has 0 radical (unpaired) electrons. The van der Waals surface area contributed by atoms with Crippen LogP contribution in [0, 0.1) is 0 Å². The van der Waals surface area contributed by atoms with Crippen LogP contribution in [0.25, 0.3) is 22.3 Å². The molecular weight excluding hydrogens is 464 g/mol. The van der Waals surface area contributed by atoms with Crippen LogP contribution in [0.15, 0.2) is 121 Å². The average molecular weight is 495 g/mol. The summed E-state index contributed by atoms with van der Waals surface area (Å²) >= 11 is 0. The summed E-state index contributed by atoms with van der Waals surface area (Å²) in [6.45, 7) is 0.119. The molecule has 0 amide bonds. The zero-order valence-corrected chi connectivity index (χ0v) is 21.3. The first-order chi connectivity index (χ1) is 18.7. The molecule has 2 N–H and O–H groups in total. The zero-order valence-electron chi connectivity index (χ0n) is 21.3. The van der Waals surface area contributed by atoms with Crippen molar-refractivity contribution in [2.24, 2.45) is 0 Å². The van der Waals surface area contributed by atoms with Crippen molar-refractivity contribution in [3.63, 3.8) is 0 Å². The number of hydrogen-bond donors (Lipinski definition) is 2. The van der Waals surface area contributed by atoms with Crippen molar-refractivity contribution in [3.05, 3.63) is 155 Å². The molecule has 2 heteroatoms. The highest BCUT2D eigenvalue weighted by Gasteiger charge is 2.44. The topological polar surface area (TPSA) is 40.5 Å². The number of rotatable bonds is 6. The van der Waals surface area contributed by atoms with Gasteiger partial charge >= 0.3 is 0 Å². The largest absolute Gasteiger partial charge is 0.395 e. The first kappa shape index (κ1) is 23.2. The Morgan fingerprint density at radius 1 is 0.368 bits per heavy atom. The maximum Gasteiger partial charge on any atom is 0.0572 e. The minimum absolute atomic E-state index is 0.0595. The normalized spacial score (nSPS) is 15.4. The van der Waals surface area contributed by atoms with Crippen LogP contribution in [0.1, 0.15) is 33.4 Å². The molecule has 0 saturated heterocycles. The SMILES string of the molecule is OCC1(Cc2ccc(CC3(CO)c4ccccc4-c4ccccc43)cc2)c2ccccc2-c2ccccc21. The lowest BCUT2D eigenvalue weighted by atomic mass is 9.73. The van der Waals surface area contributed by atoms with E-state index in [9.17, 15) is 10.2 Å². The van der Waals surface area contributed by atoms with E-state index < -0.39 is 10.8 Å². The second kappa shape index (κ2) is 8.80. The van der Waals surface area contributed by atoms with Gasteiger partial charge in [-0.25, -0.2) is 0 Å². The smallest absolute Gasteiger partial charge is 0.0572 e. The number of hydrogen-bond acceptors (Lipinski definition) is 2. The lowest BCUT2D eigenvalue weighted by molar-refractivity contribution is 0.221. The van der Waals surface area contributed by atoms with Crippen LogP contribution in [0.4, 0.5) is 0 Å². The molecular formula is C36H30O2. The molecule has 186 valence electrons. The van der Waals surface area contributed by atoms with Gasteiger partial charge in [0.25, 0.3) is 0 Å². The third-order valence-electron chi connectivity index (χ3n) is 8.93. The Bertz CT molecular complexity index is 1430. The average Bonchev–Trinajstić information content (AvgIpc) is 3.43. The molecule has 5 aromatic carbocycles. The molecule has 7 rings (SSSR count). The molecule has 0 atom stereocenters. The minimum atomic E-state index is -0.454. The van der Waals surface area contributed by atoms with Crippen LogP contribution in [0.3, 0.4) is 0 Å². The van der Waals surface area contributed by atoms with E-state index in [4.69, 9.17) is 0 Å². The van der Waals surface area contributed by atoms with Crippen molar-refractivity contribution in [2.45, 2.75) is 23.7 Å². The van der Waals surface area contributed by atoms with E-state index in [1.165, 1.54) is 55.6 Å². The minimum Gasteiger partial charge on any atom is -0.395 e. The fraction of sp³-hybridized carbons (Fsp3) is 0.167. The van der Waals surface area contributed by atoms with Gasteiger partial charge in [0.05, 0.1) is 13.2 Å². The number of aliphatic hydroxyl groups excluding tert-OH is 2. The van der Waals surface area contributed by atoms with Gasteiger partial charge in [0.1, 0.15) is 0 Å². The Morgan fingerprint density at radius 2 is 0.632 bits per heavy atom. The highest BCUT2D eigenvalue weighted by molar-refractivity contribution is 5.82. The first-order valence-electron chi connectivity index (χ1n) is 13.4.